The zero-order valence-corrected chi connectivity index (χ0v) is 14.8. The number of aliphatic hydroxyl groups is 1. The van der Waals surface area contributed by atoms with Crippen LogP contribution >= 0.6 is 7.82 Å². The second kappa shape index (κ2) is 8.50. The lowest BCUT2D eigenvalue weighted by Crippen LogP contribution is -2.36. The van der Waals surface area contributed by atoms with Crippen LogP contribution in [0.2, 0.25) is 0 Å². The highest BCUT2D eigenvalue weighted by molar-refractivity contribution is 7.46. The number of pyridine rings is 1. The van der Waals surface area contributed by atoms with Crippen LogP contribution in [0.3, 0.4) is 0 Å². The Kier molecular flexibility index (Phi) is 7.21. The third kappa shape index (κ3) is 6.18. The number of aliphatic carboxylic acids is 1. The molecule has 1 aromatic rings. The van der Waals surface area contributed by atoms with Gasteiger partial charge in [-0.1, -0.05) is 13.8 Å². The van der Waals surface area contributed by atoms with Crippen molar-refractivity contribution in [3.8, 4) is 5.75 Å². The van der Waals surface area contributed by atoms with E-state index in [-0.39, 0.29) is 28.5 Å². The Morgan fingerprint density at radius 2 is 2.04 bits per heavy atom. The van der Waals surface area contributed by atoms with Gasteiger partial charge in [0.15, 0.2) is 6.04 Å². The van der Waals surface area contributed by atoms with Crippen molar-refractivity contribution in [2.75, 3.05) is 0 Å². The fourth-order valence-corrected chi connectivity index (χ4v) is 2.19. The molecule has 1 aromatic heterocycles. The summed E-state index contributed by atoms with van der Waals surface area (Å²) in [6, 6.07) is -1.47. The molecule has 2 atom stereocenters. The number of aryl methyl sites for hydroxylation is 1. The van der Waals surface area contributed by atoms with Crippen LogP contribution in [0.1, 0.15) is 30.7 Å². The zero-order valence-electron chi connectivity index (χ0n) is 13.9. The number of carboxylic acids is 1. The normalized spacial score (nSPS) is 14.8. The molecule has 0 aliphatic rings. The van der Waals surface area contributed by atoms with Crippen LogP contribution in [0, 0.1) is 12.8 Å². The number of hydrogen-bond acceptors (Lipinski definition) is 7. The van der Waals surface area contributed by atoms with E-state index >= 15 is 0 Å². The second-order valence-corrected chi connectivity index (χ2v) is 6.93. The molecule has 1 rings (SSSR count). The number of phosphoric acid groups is 1. The number of aliphatic imine (C=N–C) groups is 1. The highest BCUT2D eigenvalue weighted by Crippen LogP contribution is 2.37. The highest BCUT2D eigenvalue weighted by Gasteiger charge is 2.28. The number of nitrogens with zero attached hydrogens (tertiary/aromatic N) is 2. The molecule has 11 heteroatoms. The number of hydrogen-bond donors (Lipinski definition) is 5. The summed E-state index contributed by atoms with van der Waals surface area (Å²) in [6.07, 6.45) is 0.988. The number of aromatic nitrogens is 1. The molecule has 0 fully saturated rings. The lowest BCUT2D eigenvalue weighted by atomic mass is 10.00. The van der Waals surface area contributed by atoms with Crippen LogP contribution in [-0.2, 0) is 20.5 Å². The van der Waals surface area contributed by atoms with E-state index in [9.17, 15) is 24.7 Å². The Morgan fingerprint density at radius 1 is 1.44 bits per heavy atom. The fraction of sp³-hybridized carbons (Fsp3) is 0.500. The van der Waals surface area contributed by atoms with Crippen LogP contribution in [0.5, 0.6) is 5.75 Å². The van der Waals surface area contributed by atoms with Crippen molar-refractivity contribution < 1.29 is 39.0 Å². The van der Waals surface area contributed by atoms with Gasteiger partial charge >= 0.3 is 13.8 Å². The topological polar surface area (TPSA) is 170 Å². The van der Waals surface area contributed by atoms with Gasteiger partial charge in [0.25, 0.3) is 0 Å². The number of rotatable bonds is 8. The predicted molar refractivity (Wildman–Crippen MR) is 87.3 cm³/mol. The monoisotopic (exact) mass is 376 g/mol. The number of phosphoric ester groups is 1. The molecule has 5 N–H and O–H groups in total. The van der Waals surface area contributed by atoms with E-state index in [0.717, 1.165) is 6.21 Å². The average molecular weight is 376 g/mol. The molecule has 140 valence electrons. The zero-order chi connectivity index (χ0) is 19.4. The van der Waals surface area contributed by atoms with Crippen molar-refractivity contribution in [2.45, 2.75) is 39.5 Å². The maximum absolute atomic E-state index is 11.3. The molecule has 25 heavy (non-hydrogen) atoms. The summed E-state index contributed by atoms with van der Waals surface area (Å²) in [5.41, 5.74) is 0.305. The van der Waals surface area contributed by atoms with E-state index in [4.69, 9.17) is 9.79 Å². The molecule has 1 heterocycles. The quantitative estimate of drug-likeness (QED) is 0.322. The van der Waals surface area contributed by atoms with Crippen molar-refractivity contribution >= 4 is 20.0 Å². The van der Waals surface area contributed by atoms with E-state index in [0.29, 0.717) is 0 Å². The SMILES string of the molecule is Cc1ncc(COP(=O)(O)O)c(C=N[C@H](C(=O)O)[C@@H](O)C(C)C)c1O. The van der Waals surface area contributed by atoms with Crippen LogP contribution in [0.15, 0.2) is 11.2 Å². The third-order valence-corrected chi connectivity index (χ3v) is 3.84. The highest BCUT2D eigenvalue weighted by atomic mass is 31.2. The van der Waals surface area contributed by atoms with Gasteiger partial charge in [0.1, 0.15) is 5.75 Å². The first kappa shape index (κ1) is 21.2. The maximum Gasteiger partial charge on any atom is 0.469 e. The number of carboxylic acid groups (broad SMARTS) is 1. The van der Waals surface area contributed by atoms with Crippen molar-refractivity contribution in [3.63, 3.8) is 0 Å². The van der Waals surface area contributed by atoms with E-state index in [1.54, 1.807) is 13.8 Å². The van der Waals surface area contributed by atoms with E-state index in [2.05, 4.69) is 14.5 Å². The fourth-order valence-electron chi connectivity index (χ4n) is 1.88. The molecule has 0 unspecified atom stereocenters. The molecule has 0 aliphatic carbocycles. The summed E-state index contributed by atoms with van der Waals surface area (Å²) >= 11 is 0. The first-order valence-electron chi connectivity index (χ1n) is 7.25. The Labute approximate surface area is 144 Å². The van der Waals surface area contributed by atoms with Crippen molar-refractivity contribution in [1.29, 1.82) is 0 Å². The van der Waals surface area contributed by atoms with Gasteiger partial charge in [-0.15, -0.1) is 0 Å². The summed E-state index contributed by atoms with van der Waals surface area (Å²) in [5.74, 6) is -2.06. The molecule has 0 bridgehead atoms. The molecule has 0 aliphatic heterocycles. The lowest BCUT2D eigenvalue weighted by molar-refractivity contribution is -0.141. The number of carbonyl (C=O) groups is 1. The summed E-state index contributed by atoms with van der Waals surface area (Å²) in [5, 5.41) is 29.2. The lowest BCUT2D eigenvalue weighted by Gasteiger charge is -2.19. The molecular formula is C14H21N2O8P. The molecule has 0 spiro atoms. The van der Waals surface area contributed by atoms with Crippen molar-refractivity contribution in [1.82, 2.24) is 4.98 Å². The number of aliphatic hydroxyl groups excluding tert-OH is 1. The van der Waals surface area contributed by atoms with Crippen LogP contribution in [0.4, 0.5) is 0 Å². The molecule has 0 radical (unpaired) electrons. The van der Waals surface area contributed by atoms with Gasteiger partial charge in [0.2, 0.25) is 0 Å². The van der Waals surface area contributed by atoms with Crippen LogP contribution in [0.25, 0.3) is 0 Å². The molecular weight excluding hydrogens is 355 g/mol. The summed E-state index contributed by atoms with van der Waals surface area (Å²) < 4.78 is 15.2. The maximum atomic E-state index is 11.3. The second-order valence-electron chi connectivity index (χ2n) is 5.69. The summed E-state index contributed by atoms with van der Waals surface area (Å²) in [7, 11) is -4.75. The third-order valence-electron chi connectivity index (χ3n) is 3.37. The predicted octanol–water partition coefficient (Wildman–Crippen LogP) is 0.594. The Hall–Kier alpha value is -1.84. The van der Waals surface area contributed by atoms with E-state index < -0.39 is 32.5 Å². The van der Waals surface area contributed by atoms with Gasteiger partial charge in [0.05, 0.1) is 18.4 Å². The van der Waals surface area contributed by atoms with Gasteiger partial charge in [-0.25, -0.2) is 9.36 Å². The Morgan fingerprint density at radius 3 is 2.52 bits per heavy atom. The molecule has 0 amide bonds. The average Bonchev–Trinajstić information content (AvgIpc) is 2.48. The van der Waals surface area contributed by atoms with Gasteiger partial charge in [-0.05, 0) is 12.8 Å². The van der Waals surface area contributed by atoms with Crippen LogP contribution < -0.4 is 0 Å². The minimum absolute atomic E-state index is 0.00292. The van der Waals surface area contributed by atoms with Gasteiger partial charge in [-0.2, -0.15) is 0 Å². The number of aromatic hydroxyl groups is 1. The Bertz CT molecular complexity index is 700. The molecule has 0 saturated carbocycles. The molecule has 0 aromatic carbocycles. The van der Waals surface area contributed by atoms with Gasteiger partial charge in [-0.3, -0.25) is 14.5 Å². The Balaban J connectivity index is 3.23. The van der Waals surface area contributed by atoms with Gasteiger partial charge in [0, 0.05) is 23.5 Å². The van der Waals surface area contributed by atoms with Crippen molar-refractivity contribution in [2.24, 2.45) is 10.9 Å². The first-order valence-corrected chi connectivity index (χ1v) is 8.78. The van der Waals surface area contributed by atoms with E-state index in [1.165, 1.54) is 13.1 Å². The largest absolute Gasteiger partial charge is 0.505 e. The smallest absolute Gasteiger partial charge is 0.469 e. The summed E-state index contributed by atoms with van der Waals surface area (Å²) in [6.45, 7) is 4.17. The van der Waals surface area contributed by atoms with Crippen molar-refractivity contribution in [3.05, 3.63) is 23.0 Å². The van der Waals surface area contributed by atoms with E-state index in [1.807, 2.05) is 0 Å². The standard InChI is InChI=1S/C14H21N2O8P/c1-7(2)12(17)11(14(19)20)16-5-10-9(6-24-25(21,22)23)4-15-8(3)13(10)18/h4-5,7,11-12,17-18H,6H2,1-3H3,(H,19,20)(H2,21,22,23)/t11-,12-/m0/s1. The molecule has 0 saturated heterocycles. The summed E-state index contributed by atoms with van der Waals surface area (Å²) in [4.78, 5) is 36.5. The van der Waals surface area contributed by atoms with Crippen LogP contribution in [-0.4, -0.2) is 54.4 Å². The molecule has 10 nitrogen and oxygen atoms in total. The minimum atomic E-state index is -4.75. The minimum Gasteiger partial charge on any atom is -0.505 e. The van der Waals surface area contributed by atoms with Gasteiger partial charge < -0.3 is 25.1 Å². The first-order chi connectivity index (χ1) is 11.4.